The van der Waals surface area contributed by atoms with Gasteiger partial charge in [-0.25, -0.2) is 8.42 Å². The normalized spacial score (nSPS) is 11.4. The maximum absolute atomic E-state index is 12.1. The molecule has 0 saturated carbocycles. The molecule has 0 fully saturated rings. The predicted molar refractivity (Wildman–Crippen MR) is 92.3 cm³/mol. The van der Waals surface area contributed by atoms with Crippen molar-refractivity contribution in [1.29, 1.82) is 0 Å². The lowest BCUT2D eigenvalue weighted by Gasteiger charge is -2.06. The van der Waals surface area contributed by atoms with Crippen LogP contribution in [0.1, 0.15) is 16.1 Å². The molecule has 3 aromatic rings. The number of fused-ring (bicyclic) bond motifs is 1. The molecule has 0 aliphatic carbocycles. The lowest BCUT2D eigenvalue weighted by Crippen LogP contribution is -2.22. The Labute approximate surface area is 139 Å². The molecule has 2 aromatic carbocycles. The molecule has 6 nitrogen and oxygen atoms in total. The summed E-state index contributed by atoms with van der Waals surface area (Å²) in [6.07, 6.45) is 1.07. The molecule has 0 spiro atoms. The molecule has 124 valence electrons. The van der Waals surface area contributed by atoms with E-state index in [1.54, 1.807) is 12.1 Å². The van der Waals surface area contributed by atoms with E-state index >= 15 is 0 Å². The average Bonchev–Trinajstić information content (AvgIpc) is 2.94. The Kier molecular flexibility index (Phi) is 4.26. The van der Waals surface area contributed by atoms with Crippen molar-refractivity contribution >= 4 is 32.6 Å². The van der Waals surface area contributed by atoms with E-state index in [1.165, 1.54) is 12.1 Å². The maximum Gasteiger partial charge on any atom is 0.251 e. The number of benzene rings is 2. The number of carbonyl (C=O) groups is 1. The van der Waals surface area contributed by atoms with Gasteiger partial charge in [-0.05, 0) is 36.4 Å². The number of hydrogen-bond donors (Lipinski definition) is 2. The van der Waals surface area contributed by atoms with Crippen LogP contribution in [0.25, 0.3) is 11.0 Å². The molecule has 1 aromatic heterocycles. The first-order chi connectivity index (χ1) is 11.4. The Morgan fingerprint density at radius 1 is 1.08 bits per heavy atom. The van der Waals surface area contributed by atoms with E-state index in [2.05, 4.69) is 10.0 Å². The van der Waals surface area contributed by atoms with Gasteiger partial charge in [0.2, 0.25) is 10.0 Å². The molecule has 7 heteroatoms. The van der Waals surface area contributed by atoms with Crippen LogP contribution in [0.3, 0.4) is 0 Å². The number of nitrogens with one attached hydrogen (secondary N) is 2. The van der Waals surface area contributed by atoms with Gasteiger partial charge in [-0.1, -0.05) is 18.2 Å². The zero-order valence-electron chi connectivity index (χ0n) is 12.9. The van der Waals surface area contributed by atoms with Gasteiger partial charge in [-0.2, -0.15) is 0 Å². The molecule has 0 saturated heterocycles. The number of amides is 1. The number of sulfonamides is 1. The van der Waals surface area contributed by atoms with Crippen LogP contribution >= 0.6 is 0 Å². The summed E-state index contributed by atoms with van der Waals surface area (Å²) in [7, 11) is -3.33. The molecule has 0 unspecified atom stereocenters. The molecule has 0 aliphatic rings. The highest BCUT2D eigenvalue weighted by molar-refractivity contribution is 7.92. The summed E-state index contributed by atoms with van der Waals surface area (Å²) in [6, 6.07) is 15.7. The van der Waals surface area contributed by atoms with Crippen LogP contribution in [-0.2, 0) is 16.6 Å². The summed E-state index contributed by atoms with van der Waals surface area (Å²) in [5.74, 6) is 0.404. The monoisotopic (exact) mass is 344 g/mol. The first-order valence-electron chi connectivity index (χ1n) is 7.24. The van der Waals surface area contributed by atoms with Gasteiger partial charge in [0.15, 0.2) is 0 Å². The third-order valence-electron chi connectivity index (χ3n) is 3.35. The Bertz CT molecular complexity index is 942. The number of carbonyl (C=O) groups excluding carboxylic acids is 1. The third kappa shape index (κ3) is 3.94. The standard InChI is InChI=1S/C17H16N2O4S/c1-24(21,22)19-14-8-6-12(7-9-14)17(20)18-11-15-10-13-4-2-3-5-16(13)23-15/h2-10,19H,11H2,1H3,(H,18,20). The molecule has 0 aliphatic heterocycles. The van der Waals surface area contributed by atoms with Crippen molar-refractivity contribution in [3.05, 3.63) is 65.9 Å². The van der Waals surface area contributed by atoms with E-state index in [0.29, 0.717) is 17.0 Å². The SMILES string of the molecule is CS(=O)(=O)Nc1ccc(C(=O)NCc2cc3ccccc3o2)cc1. The Morgan fingerprint density at radius 3 is 2.46 bits per heavy atom. The Hall–Kier alpha value is -2.80. The topological polar surface area (TPSA) is 88.4 Å². The van der Waals surface area contributed by atoms with Crippen LogP contribution in [0.2, 0.25) is 0 Å². The van der Waals surface area contributed by atoms with Crippen molar-refractivity contribution in [2.75, 3.05) is 11.0 Å². The van der Waals surface area contributed by atoms with E-state index in [-0.39, 0.29) is 12.5 Å². The second-order valence-corrected chi connectivity index (χ2v) is 7.13. The van der Waals surface area contributed by atoms with Gasteiger partial charge in [0, 0.05) is 16.6 Å². The number of hydrogen-bond acceptors (Lipinski definition) is 4. The molecule has 1 heterocycles. The minimum absolute atomic E-state index is 0.263. The second-order valence-electron chi connectivity index (χ2n) is 5.38. The highest BCUT2D eigenvalue weighted by atomic mass is 32.2. The average molecular weight is 344 g/mol. The van der Waals surface area contributed by atoms with Gasteiger partial charge in [-0.15, -0.1) is 0 Å². The molecular weight excluding hydrogens is 328 g/mol. The first-order valence-corrected chi connectivity index (χ1v) is 9.13. The highest BCUT2D eigenvalue weighted by Gasteiger charge is 2.09. The third-order valence-corrected chi connectivity index (χ3v) is 3.96. The lowest BCUT2D eigenvalue weighted by atomic mass is 10.2. The van der Waals surface area contributed by atoms with E-state index in [1.807, 2.05) is 30.3 Å². The summed E-state index contributed by atoms with van der Waals surface area (Å²) in [5.41, 5.74) is 1.62. The summed E-state index contributed by atoms with van der Waals surface area (Å²) < 4.78 is 30.3. The molecule has 24 heavy (non-hydrogen) atoms. The van der Waals surface area contributed by atoms with E-state index in [0.717, 1.165) is 17.2 Å². The second kappa shape index (κ2) is 6.37. The van der Waals surface area contributed by atoms with E-state index < -0.39 is 10.0 Å². The summed E-state index contributed by atoms with van der Waals surface area (Å²) in [5, 5.41) is 3.76. The summed E-state index contributed by atoms with van der Waals surface area (Å²) >= 11 is 0. The molecule has 1 amide bonds. The summed E-state index contributed by atoms with van der Waals surface area (Å²) in [4.78, 5) is 12.1. The number of furan rings is 1. The van der Waals surface area contributed by atoms with Gasteiger partial charge in [0.05, 0.1) is 12.8 Å². The molecule has 2 N–H and O–H groups in total. The first kappa shape index (κ1) is 16.1. The van der Waals surface area contributed by atoms with Crippen molar-refractivity contribution in [3.63, 3.8) is 0 Å². The lowest BCUT2D eigenvalue weighted by molar-refractivity contribution is 0.0948. The van der Waals surface area contributed by atoms with Crippen LogP contribution in [-0.4, -0.2) is 20.6 Å². The fourth-order valence-electron chi connectivity index (χ4n) is 2.30. The van der Waals surface area contributed by atoms with Crippen LogP contribution in [0.4, 0.5) is 5.69 Å². The highest BCUT2D eigenvalue weighted by Crippen LogP contribution is 2.18. The number of rotatable bonds is 5. The van der Waals surface area contributed by atoms with Crippen LogP contribution in [0.5, 0.6) is 0 Å². The zero-order valence-corrected chi connectivity index (χ0v) is 13.8. The maximum atomic E-state index is 12.1. The fraction of sp³-hybridized carbons (Fsp3) is 0.118. The van der Waals surface area contributed by atoms with Gasteiger partial charge < -0.3 is 9.73 Å². The van der Waals surface area contributed by atoms with E-state index in [9.17, 15) is 13.2 Å². The van der Waals surface area contributed by atoms with Gasteiger partial charge in [0.1, 0.15) is 11.3 Å². The van der Waals surface area contributed by atoms with Crippen molar-refractivity contribution < 1.29 is 17.6 Å². The minimum Gasteiger partial charge on any atom is -0.459 e. The molecule has 3 rings (SSSR count). The summed E-state index contributed by atoms with van der Waals surface area (Å²) in [6.45, 7) is 0.275. The van der Waals surface area contributed by atoms with Crippen molar-refractivity contribution in [1.82, 2.24) is 5.32 Å². The smallest absolute Gasteiger partial charge is 0.251 e. The molecular formula is C17H16N2O4S. The van der Waals surface area contributed by atoms with Crippen LogP contribution in [0.15, 0.2) is 59.0 Å². The predicted octanol–water partition coefficient (Wildman–Crippen LogP) is 2.73. The van der Waals surface area contributed by atoms with E-state index in [4.69, 9.17) is 4.42 Å². The van der Waals surface area contributed by atoms with Crippen molar-refractivity contribution in [2.45, 2.75) is 6.54 Å². The number of anilines is 1. The Balaban J connectivity index is 1.64. The minimum atomic E-state index is -3.33. The zero-order chi connectivity index (χ0) is 17.2. The molecule has 0 atom stereocenters. The van der Waals surface area contributed by atoms with Crippen LogP contribution < -0.4 is 10.0 Å². The van der Waals surface area contributed by atoms with Gasteiger partial charge in [0.25, 0.3) is 5.91 Å². The van der Waals surface area contributed by atoms with Crippen LogP contribution in [0, 0.1) is 0 Å². The molecule has 0 radical (unpaired) electrons. The molecule has 0 bridgehead atoms. The van der Waals surface area contributed by atoms with Crippen molar-refractivity contribution in [3.8, 4) is 0 Å². The Morgan fingerprint density at radius 2 is 1.79 bits per heavy atom. The van der Waals surface area contributed by atoms with Gasteiger partial charge >= 0.3 is 0 Å². The number of para-hydroxylation sites is 1. The quantitative estimate of drug-likeness (QED) is 0.745. The van der Waals surface area contributed by atoms with Crippen molar-refractivity contribution in [2.24, 2.45) is 0 Å². The van der Waals surface area contributed by atoms with Gasteiger partial charge in [-0.3, -0.25) is 9.52 Å². The fourth-order valence-corrected chi connectivity index (χ4v) is 2.86. The largest absolute Gasteiger partial charge is 0.459 e.